The van der Waals surface area contributed by atoms with Crippen molar-refractivity contribution in [3.63, 3.8) is 0 Å². The lowest BCUT2D eigenvalue weighted by Gasteiger charge is -2.37. The molecule has 0 atom stereocenters. The average Bonchev–Trinajstić information content (AvgIpc) is 2.93. The number of hydrogen-bond donors (Lipinski definition) is 0. The van der Waals surface area contributed by atoms with Crippen LogP contribution in [0, 0.1) is 0 Å². The molecule has 0 saturated heterocycles. The van der Waals surface area contributed by atoms with Gasteiger partial charge in [0.05, 0.1) is 11.2 Å². The average molecular weight is 465 g/mol. The summed E-state index contributed by atoms with van der Waals surface area (Å²) >= 11 is 0. The molecule has 0 N–H and O–H groups in total. The van der Waals surface area contributed by atoms with Crippen molar-refractivity contribution in [2.45, 2.75) is 6.55 Å². The van der Waals surface area contributed by atoms with E-state index in [4.69, 9.17) is 4.98 Å². The topological polar surface area (TPSA) is 16.1 Å². The highest BCUT2D eigenvalue weighted by Crippen LogP contribution is 2.47. The number of anilines is 3. The Morgan fingerprint density at radius 2 is 1.14 bits per heavy atom. The molecule has 6 aromatic rings. The Morgan fingerprint density at radius 1 is 0.571 bits per heavy atom. The Hall–Kier alpha value is -4.21. The van der Waals surface area contributed by atoms with Crippen LogP contribution in [0.4, 0.5) is 17.1 Å². The van der Waals surface area contributed by atoms with Crippen LogP contribution in [-0.2, 0) is 0 Å². The van der Waals surface area contributed by atoms with Crippen LogP contribution in [0.15, 0.2) is 121 Å². The number of fused-ring (bicyclic) bond motifs is 4. The van der Waals surface area contributed by atoms with E-state index < -0.39 is 8.80 Å². The Kier molecular flexibility index (Phi) is 4.57. The van der Waals surface area contributed by atoms with Crippen molar-refractivity contribution < 1.29 is 0 Å². The molecule has 166 valence electrons. The van der Waals surface area contributed by atoms with E-state index in [0.717, 1.165) is 5.52 Å². The first-order valence-corrected chi connectivity index (χ1v) is 14.5. The van der Waals surface area contributed by atoms with Crippen LogP contribution in [0.5, 0.6) is 0 Å². The summed E-state index contributed by atoms with van der Waals surface area (Å²) in [5, 5.41) is 6.61. The minimum atomic E-state index is -1.29. The molecule has 2 heterocycles. The fourth-order valence-electron chi connectivity index (χ4n) is 5.77. The van der Waals surface area contributed by atoms with Crippen molar-refractivity contribution in [2.75, 3.05) is 4.90 Å². The highest BCUT2D eigenvalue weighted by Gasteiger charge is 2.31. The Bertz CT molecular complexity index is 1620. The molecule has 0 radical (unpaired) electrons. The van der Waals surface area contributed by atoms with E-state index in [1.165, 1.54) is 54.7 Å². The maximum Gasteiger partial charge on any atom is 0.105 e. The van der Waals surface area contributed by atoms with Gasteiger partial charge in [-0.2, -0.15) is 0 Å². The number of aromatic nitrogens is 1. The van der Waals surface area contributed by atoms with Crippen molar-refractivity contribution in [3.05, 3.63) is 121 Å². The smallest absolute Gasteiger partial charge is 0.105 e. The molecule has 1 aromatic heterocycles. The van der Waals surface area contributed by atoms with Gasteiger partial charge in [-0.15, -0.1) is 0 Å². The lowest BCUT2D eigenvalue weighted by molar-refractivity contribution is 1.31. The van der Waals surface area contributed by atoms with Gasteiger partial charge in [-0.25, -0.2) is 0 Å². The van der Waals surface area contributed by atoms with E-state index in [9.17, 15) is 0 Å². The molecular formula is C32H24N2Si. The van der Waals surface area contributed by atoms with E-state index in [-0.39, 0.29) is 0 Å². The number of para-hydroxylation sites is 2. The van der Waals surface area contributed by atoms with Gasteiger partial charge in [-0.1, -0.05) is 97.5 Å². The van der Waals surface area contributed by atoms with Crippen LogP contribution in [-0.4, -0.2) is 13.8 Å². The van der Waals surface area contributed by atoms with Crippen molar-refractivity contribution >= 4 is 57.9 Å². The van der Waals surface area contributed by atoms with Gasteiger partial charge in [-0.3, -0.25) is 4.98 Å². The standard InChI is InChI=1S/C32H24N2Si/c1-35-28-19-9-7-17-26(28)34(27-18-8-10-20-29(27)35)32-24-15-6-5-14-23(24)30(22-12-3-2-4-13-22)31-25(32)16-11-21-33-31/h2-21,35H,1H3. The molecule has 0 amide bonds. The molecule has 3 heteroatoms. The minimum absolute atomic E-state index is 1.04. The zero-order chi connectivity index (χ0) is 23.4. The molecule has 2 nitrogen and oxygen atoms in total. The second-order valence-electron chi connectivity index (χ2n) is 9.21. The fraction of sp³-hybridized carbons (Fsp3) is 0.0312. The van der Waals surface area contributed by atoms with Crippen LogP contribution in [0.2, 0.25) is 6.55 Å². The van der Waals surface area contributed by atoms with E-state index in [1.807, 2.05) is 6.20 Å². The predicted molar refractivity (Wildman–Crippen MR) is 152 cm³/mol. The molecule has 0 saturated carbocycles. The second kappa shape index (κ2) is 7.93. The van der Waals surface area contributed by atoms with Crippen LogP contribution in [0.1, 0.15) is 0 Å². The third-order valence-electron chi connectivity index (χ3n) is 7.33. The molecule has 0 fully saturated rings. The lowest BCUT2D eigenvalue weighted by atomic mass is 9.92. The van der Waals surface area contributed by atoms with Crippen LogP contribution in [0.25, 0.3) is 32.8 Å². The first-order chi connectivity index (χ1) is 17.3. The molecule has 5 aromatic carbocycles. The van der Waals surface area contributed by atoms with Crippen molar-refractivity contribution in [2.24, 2.45) is 0 Å². The summed E-state index contributed by atoms with van der Waals surface area (Å²) in [6.07, 6.45) is 1.92. The summed E-state index contributed by atoms with van der Waals surface area (Å²) in [6, 6.07) is 41.7. The molecule has 0 aliphatic carbocycles. The third-order valence-corrected chi connectivity index (χ3v) is 10.2. The van der Waals surface area contributed by atoms with Crippen LogP contribution < -0.4 is 15.3 Å². The monoisotopic (exact) mass is 464 g/mol. The van der Waals surface area contributed by atoms with Gasteiger partial charge < -0.3 is 4.90 Å². The number of nitrogens with zero attached hydrogens (tertiary/aromatic N) is 2. The van der Waals surface area contributed by atoms with Gasteiger partial charge in [0.2, 0.25) is 0 Å². The largest absolute Gasteiger partial charge is 0.309 e. The number of hydrogen-bond acceptors (Lipinski definition) is 2. The highest BCUT2D eigenvalue weighted by molar-refractivity contribution is 6.87. The quantitative estimate of drug-likeness (QED) is 0.207. The molecule has 1 aliphatic rings. The van der Waals surface area contributed by atoms with Gasteiger partial charge >= 0.3 is 0 Å². The first kappa shape index (κ1) is 20.2. The first-order valence-electron chi connectivity index (χ1n) is 12.2. The summed E-state index contributed by atoms with van der Waals surface area (Å²) in [4.78, 5) is 7.47. The van der Waals surface area contributed by atoms with E-state index in [0.29, 0.717) is 0 Å². The van der Waals surface area contributed by atoms with Gasteiger partial charge in [0.15, 0.2) is 0 Å². The maximum absolute atomic E-state index is 4.97. The summed E-state index contributed by atoms with van der Waals surface area (Å²) in [7, 11) is -1.29. The summed E-state index contributed by atoms with van der Waals surface area (Å²) in [5.74, 6) is 0. The zero-order valence-electron chi connectivity index (χ0n) is 19.5. The normalized spacial score (nSPS) is 13.1. The van der Waals surface area contributed by atoms with Gasteiger partial charge in [0.1, 0.15) is 8.80 Å². The van der Waals surface area contributed by atoms with Gasteiger partial charge in [0.25, 0.3) is 0 Å². The predicted octanol–water partition coefficient (Wildman–Crippen LogP) is 6.81. The number of pyridine rings is 1. The van der Waals surface area contributed by atoms with Crippen molar-refractivity contribution in [3.8, 4) is 11.1 Å². The number of benzene rings is 5. The SMILES string of the molecule is C[SiH]1c2ccccc2N(c2c3ccccc3c(-c3ccccc3)c3ncccc23)c2ccccc21. The molecule has 0 unspecified atom stereocenters. The fourth-order valence-corrected chi connectivity index (χ4v) is 8.24. The van der Waals surface area contributed by atoms with Gasteiger partial charge in [-0.05, 0) is 45.6 Å². The van der Waals surface area contributed by atoms with E-state index in [1.54, 1.807) is 0 Å². The van der Waals surface area contributed by atoms with E-state index in [2.05, 4.69) is 127 Å². The zero-order valence-corrected chi connectivity index (χ0v) is 20.7. The summed E-state index contributed by atoms with van der Waals surface area (Å²) in [5.41, 5.74) is 7.24. The van der Waals surface area contributed by atoms with Crippen LogP contribution in [0.3, 0.4) is 0 Å². The highest BCUT2D eigenvalue weighted by atomic mass is 28.3. The lowest BCUT2D eigenvalue weighted by Crippen LogP contribution is -2.47. The summed E-state index contributed by atoms with van der Waals surface area (Å²) < 4.78 is 0. The van der Waals surface area contributed by atoms with Crippen molar-refractivity contribution in [1.82, 2.24) is 4.98 Å². The third kappa shape index (κ3) is 2.98. The Labute approximate surface area is 206 Å². The number of rotatable bonds is 2. The molecule has 7 rings (SSSR count). The van der Waals surface area contributed by atoms with E-state index >= 15 is 0 Å². The molecule has 0 bridgehead atoms. The van der Waals surface area contributed by atoms with Crippen LogP contribution >= 0.6 is 0 Å². The van der Waals surface area contributed by atoms with Gasteiger partial charge in [0, 0.05) is 33.9 Å². The Balaban J connectivity index is 1.66. The Morgan fingerprint density at radius 3 is 1.86 bits per heavy atom. The minimum Gasteiger partial charge on any atom is -0.309 e. The molecule has 35 heavy (non-hydrogen) atoms. The maximum atomic E-state index is 4.97. The molecular weight excluding hydrogens is 440 g/mol. The molecule has 0 spiro atoms. The molecule has 1 aliphatic heterocycles. The second-order valence-corrected chi connectivity index (χ2v) is 11.9. The van der Waals surface area contributed by atoms with Crippen molar-refractivity contribution in [1.29, 1.82) is 0 Å². The summed E-state index contributed by atoms with van der Waals surface area (Å²) in [6.45, 7) is 2.45.